The number of fused-ring (bicyclic) bond motifs is 2. The molecule has 0 saturated heterocycles. The summed E-state index contributed by atoms with van der Waals surface area (Å²) in [4.78, 5) is 36.8. The van der Waals surface area contributed by atoms with Crippen molar-refractivity contribution in [2.45, 2.75) is 13.0 Å². The maximum Gasteiger partial charge on any atom is 0.322 e. The zero-order valence-electron chi connectivity index (χ0n) is 13.7. The molecule has 0 bridgehead atoms. The Morgan fingerprint density at radius 2 is 1.68 bits per heavy atom. The van der Waals surface area contributed by atoms with Gasteiger partial charge in [-0.25, -0.2) is 0 Å². The van der Waals surface area contributed by atoms with E-state index in [0.29, 0.717) is 34.5 Å². The maximum absolute atomic E-state index is 12.8. The van der Waals surface area contributed by atoms with Gasteiger partial charge < -0.3 is 15.8 Å². The van der Waals surface area contributed by atoms with Crippen LogP contribution in [0, 0.1) is 0 Å². The Morgan fingerprint density at radius 3 is 2.36 bits per heavy atom. The number of hydrogen-bond donors (Lipinski definition) is 2. The van der Waals surface area contributed by atoms with E-state index in [9.17, 15) is 14.4 Å². The SMILES string of the molecule is C[C@H](N)C(=O)OCCNc1cccc2c1C(=O)c1ccccc1C2=O. The van der Waals surface area contributed by atoms with Gasteiger partial charge in [-0.3, -0.25) is 14.4 Å². The van der Waals surface area contributed by atoms with Crippen molar-refractivity contribution in [1.82, 2.24) is 0 Å². The monoisotopic (exact) mass is 338 g/mol. The highest BCUT2D eigenvalue weighted by Crippen LogP contribution is 2.31. The van der Waals surface area contributed by atoms with Crippen LogP contribution in [0.15, 0.2) is 42.5 Å². The van der Waals surface area contributed by atoms with Crippen molar-refractivity contribution in [3.8, 4) is 0 Å². The van der Waals surface area contributed by atoms with Crippen LogP contribution in [-0.2, 0) is 9.53 Å². The van der Waals surface area contributed by atoms with Crippen LogP contribution in [-0.4, -0.2) is 36.7 Å². The first kappa shape index (κ1) is 16.9. The van der Waals surface area contributed by atoms with Gasteiger partial charge in [0.15, 0.2) is 11.6 Å². The minimum absolute atomic E-state index is 0.114. The van der Waals surface area contributed by atoms with Crippen molar-refractivity contribution >= 4 is 23.2 Å². The van der Waals surface area contributed by atoms with Crippen LogP contribution in [0.2, 0.25) is 0 Å². The third kappa shape index (κ3) is 3.16. The first-order valence-electron chi connectivity index (χ1n) is 7.98. The predicted molar refractivity (Wildman–Crippen MR) is 92.8 cm³/mol. The Bertz CT molecular complexity index is 858. The van der Waals surface area contributed by atoms with E-state index in [-0.39, 0.29) is 18.2 Å². The van der Waals surface area contributed by atoms with Crippen molar-refractivity contribution in [2.75, 3.05) is 18.5 Å². The number of anilines is 1. The number of hydrogen-bond acceptors (Lipinski definition) is 6. The van der Waals surface area contributed by atoms with E-state index in [4.69, 9.17) is 10.5 Å². The summed E-state index contributed by atoms with van der Waals surface area (Å²) in [6.07, 6.45) is 0. The first-order valence-corrected chi connectivity index (χ1v) is 7.98. The number of ether oxygens (including phenoxy) is 1. The summed E-state index contributed by atoms with van der Waals surface area (Å²) in [6.45, 7) is 1.96. The molecule has 6 heteroatoms. The maximum atomic E-state index is 12.8. The molecule has 128 valence electrons. The van der Waals surface area contributed by atoms with Gasteiger partial charge >= 0.3 is 5.97 Å². The van der Waals surface area contributed by atoms with Gasteiger partial charge in [-0.2, -0.15) is 0 Å². The molecule has 2 aromatic rings. The van der Waals surface area contributed by atoms with Gasteiger partial charge in [-0.1, -0.05) is 36.4 Å². The van der Waals surface area contributed by atoms with Crippen LogP contribution in [0.1, 0.15) is 38.8 Å². The zero-order chi connectivity index (χ0) is 18.0. The summed E-state index contributed by atoms with van der Waals surface area (Å²) in [5.74, 6) is -0.852. The van der Waals surface area contributed by atoms with Gasteiger partial charge in [0.05, 0.1) is 5.56 Å². The number of carbonyl (C=O) groups excluding carboxylic acids is 3. The summed E-state index contributed by atoms with van der Waals surface area (Å²) >= 11 is 0. The molecule has 0 heterocycles. The fourth-order valence-corrected chi connectivity index (χ4v) is 2.76. The van der Waals surface area contributed by atoms with Crippen LogP contribution in [0.3, 0.4) is 0 Å². The Hall–Kier alpha value is -2.99. The normalized spacial score (nSPS) is 13.7. The molecule has 1 atom stereocenters. The predicted octanol–water partition coefficient (Wildman–Crippen LogP) is 1.76. The number of nitrogens with two attached hydrogens (primary N) is 1. The average molecular weight is 338 g/mol. The Balaban J connectivity index is 1.81. The van der Waals surface area contributed by atoms with Gasteiger partial charge in [0.2, 0.25) is 0 Å². The molecule has 0 aliphatic heterocycles. The Kier molecular flexibility index (Phi) is 4.63. The van der Waals surface area contributed by atoms with E-state index in [1.54, 1.807) is 49.4 Å². The second kappa shape index (κ2) is 6.86. The van der Waals surface area contributed by atoms with Crippen LogP contribution in [0.5, 0.6) is 0 Å². The lowest BCUT2D eigenvalue weighted by molar-refractivity contribution is -0.144. The third-order valence-corrected chi connectivity index (χ3v) is 3.99. The van der Waals surface area contributed by atoms with Gasteiger partial charge in [-0.15, -0.1) is 0 Å². The lowest BCUT2D eigenvalue weighted by Crippen LogP contribution is -2.30. The van der Waals surface area contributed by atoms with Crippen LogP contribution >= 0.6 is 0 Å². The molecule has 25 heavy (non-hydrogen) atoms. The van der Waals surface area contributed by atoms with Gasteiger partial charge in [0.25, 0.3) is 0 Å². The second-order valence-corrected chi connectivity index (χ2v) is 5.81. The highest BCUT2D eigenvalue weighted by atomic mass is 16.5. The fourth-order valence-electron chi connectivity index (χ4n) is 2.76. The summed E-state index contributed by atoms with van der Waals surface area (Å²) in [7, 11) is 0. The molecule has 2 aromatic carbocycles. The first-order chi connectivity index (χ1) is 12.0. The lowest BCUT2D eigenvalue weighted by Gasteiger charge is -2.20. The minimum atomic E-state index is -0.680. The summed E-state index contributed by atoms with van der Waals surface area (Å²) < 4.78 is 5.00. The highest BCUT2D eigenvalue weighted by Gasteiger charge is 2.31. The molecule has 0 spiro atoms. The zero-order valence-corrected chi connectivity index (χ0v) is 13.7. The van der Waals surface area contributed by atoms with E-state index in [1.807, 2.05) is 0 Å². The van der Waals surface area contributed by atoms with Gasteiger partial charge in [-0.05, 0) is 13.0 Å². The largest absolute Gasteiger partial charge is 0.463 e. The van der Waals surface area contributed by atoms with Crippen molar-refractivity contribution in [3.05, 3.63) is 64.7 Å². The summed E-state index contributed by atoms with van der Waals surface area (Å²) in [5, 5.41) is 3.06. The molecule has 0 radical (unpaired) electrons. The molecule has 1 aliphatic carbocycles. The molecule has 0 aromatic heterocycles. The molecule has 0 fully saturated rings. The number of nitrogens with one attached hydrogen (secondary N) is 1. The molecule has 3 rings (SSSR count). The molecule has 3 N–H and O–H groups in total. The van der Waals surface area contributed by atoms with E-state index < -0.39 is 12.0 Å². The van der Waals surface area contributed by atoms with Crippen molar-refractivity contribution < 1.29 is 19.1 Å². The quantitative estimate of drug-likeness (QED) is 0.543. The number of carbonyl (C=O) groups is 3. The van der Waals surface area contributed by atoms with E-state index >= 15 is 0 Å². The number of esters is 1. The molecular formula is C19H18N2O4. The summed E-state index contributed by atoms with van der Waals surface area (Å²) in [5.41, 5.74) is 7.51. The fraction of sp³-hybridized carbons (Fsp3) is 0.211. The van der Waals surface area contributed by atoms with E-state index in [1.165, 1.54) is 0 Å². The molecule has 1 aliphatic rings. The Labute approximate surface area is 145 Å². The van der Waals surface area contributed by atoms with Crippen LogP contribution in [0.25, 0.3) is 0 Å². The smallest absolute Gasteiger partial charge is 0.322 e. The second-order valence-electron chi connectivity index (χ2n) is 5.81. The molecule has 0 amide bonds. The van der Waals surface area contributed by atoms with E-state index in [2.05, 4.69) is 5.32 Å². The van der Waals surface area contributed by atoms with Crippen LogP contribution in [0.4, 0.5) is 5.69 Å². The highest BCUT2D eigenvalue weighted by molar-refractivity contribution is 6.30. The lowest BCUT2D eigenvalue weighted by atomic mass is 9.83. The number of ketones is 2. The van der Waals surface area contributed by atoms with Gasteiger partial charge in [0, 0.05) is 28.9 Å². The summed E-state index contributed by atoms with van der Waals surface area (Å²) in [6, 6.07) is 11.2. The molecule has 0 unspecified atom stereocenters. The Morgan fingerprint density at radius 1 is 1.04 bits per heavy atom. The van der Waals surface area contributed by atoms with Crippen LogP contribution < -0.4 is 11.1 Å². The molecule has 6 nitrogen and oxygen atoms in total. The minimum Gasteiger partial charge on any atom is -0.463 e. The molecule has 0 saturated carbocycles. The van der Waals surface area contributed by atoms with Crippen molar-refractivity contribution in [3.63, 3.8) is 0 Å². The van der Waals surface area contributed by atoms with Gasteiger partial charge in [0.1, 0.15) is 12.6 Å². The average Bonchev–Trinajstić information content (AvgIpc) is 2.62. The standard InChI is InChI=1S/C19H18N2O4/c1-11(20)19(24)25-10-9-21-15-8-4-7-14-16(15)18(23)13-6-3-2-5-12(13)17(14)22/h2-8,11,21H,9-10,20H2,1H3/t11-/m0/s1. The van der Waals surface area contributed by atoms with E-state index in [0.717, 1.165) is 0 Å². The number of benzene rings is 2. The van der Waals surface area contributed by atoms with Crippen molar-refractivity contribution in [1.29, 1.82) is 0 Å². The van der Waals surface area contributed by atoms with Crippen molar-refractivity contribution in [2.24, 2.45) is 5.73 Å². The third-order valence-electron chi connectivity index (χ3n) is 3.99. The molecular weight excluding hydrogens is 320 g/mol. The topological polar surface area (TPSA) is 98.5 Å². The number of rotatable bonds is 5.